The van der Waals surface area contributed by atoms with Crippen LogP contribution in [-0.2, 0) is 0 Å². The molecular formula is C13H16Cl2N2O4. The molecule has 1 aromatic carbocycles. The molecule has 6 nitrogen and oxygen atoms in total. The zero-order valence-electron chi connectivity index (χ0n) is 11.7. The normalized spacial score (nSPS) is 11.3. The van der Waals surface area contributed by atoms with E-state index in [2.05, 4.69) is 5.32 Å². The van der Waals surface area contributed by atoms with E-state index in [0.717, 1.165) is 12.1 Å². The number of nitro benzene ring substituents is 1. The van der Waals surface area contributed by atoms with Crippen molar-refractivity contribution in [1.29, 1.82) is 0 Å². The van der Waals surface area contributed by atoms with Gasteiger partial charge in [-0.1, -0.05) is 37.0 Å². The Morgan fingerprint density at radius 2 is 1.95 bits per heavy atom. The predicted molar refractivity (Wildman–Crippen MR) is 81.0 cm³/mol. The number of hydrogen-bond acceptors (Lipinski definition) is 4. The Morgan fingerprint density at radius 3 is 2.43 bits per heavy atom. The van der Waals surface area contributed by atoms with Crippen LogP contribution in [0.2, 0.25) is 10.0 Å². The van der Waals surface area contributed by atoms with Crippen molar-refractivity contribution in [2.24, 2.45) is 0 Å². The molecule has 0 bridgehead atoms. The second-order valence-electron chi connectivity index (χ2n) is 4.66. The number of benzene rings is 1. The Kier molecular flexibility index (Phi) is 5.95. The van der Waals surface area contributed by atoms with Gasteiger partial charge in [-0.05, 0) is 12.8 Å². The summed E-state index contributed by atoms with van der Waals surface area (Å²) >= 11 is 11.7. The third-order valence-corrected chi connectivity index (χ3v) is 4.16. The largest absolute Gasteiger partial charge is 0.388 e. The van der Waals surface area contributed by atoms with Gasteiger partial charge < -0.3 is 10.4 Å². The van der Waals surface area contributed by atoms with E-state index in [0.29, 0.717) is 12.8 Å². The van der Waals surface area contributed by atoms with Gasteiger partial charge in [0.2, 0.25) is 0 Å². The topological polar surface area (TPSA) is 92.5 Å². The van der Waals surface area contributed by atoms with Crippen molar-refractivity contribution in [2.75, 3.05) is 6.54 Å². The number of aliphatic hydroxyl groups is 1. The number of halogens is 2. The summed E-state index contributed by atoms with van der Waals surface area (Å²) < 4.78 is 0. The maximum Gasteiger partial charge on any atom is 0.271 e. The van der Waals surface area contributed by atoms with Crippen molar-refractivity contribution >= 4 is 34.8 Å². The maximum absolute atomic E-state index is 12.1. The molecule has 0 aliphatic rings. The Hall–Kier alpha value is -1.37. The van der Waals surface area contributed by atoms with Crippen molar-refractivity contribution in [3.05, 3.63) is 37.9 Å². The predicted octanol–water partition coefficient (Wildman–Crippen LogP) is 3.18. The molecule has 0 aliphatic heterocycles. The lowest BCUT2D eigenvalue weighted by atomic mass is 9.97. The summed E-state index contributed by atoms with van der Waals surface area (Å²) in [6, 6.07) is 2.13. The first-order valence-corrected chi connectivity index (χ1v) is 7.13. The zero-order valence-corrected chi connectivity index (χ0v) is 13.2. The Labute approximate surface area is 132 Å². The standard InChI is InChI=1S/C13H16Cl2N2O4/c1-3-13(19,4-2)7-16-12(18)9-5-8(17(20)21)6-10(14)11(9)15/h5-6,19H,3-4,7H2,1-2H3,(H,16,18). The third-order valence-electron chi connectivity index (χ3n) is 3.36. The van der Waals surface area contributed by atoms with Crippen LogP contribution in [0, 0.1) is 10.1 Å². The van der Waals surface area contributed by atoms with Crippen LogP contribution in [0.3, 0.4) is 0 Å². The van der Waals surface area contributed by atoms with E-state index >= 15 is 0 Å². The number of nitrogens with zero attached hydrogens (tertiary/aromatic N) is 1. The molecule has 116 valence electrons. The molecular weight excluding hydrogens is 319 g/mol. The fourth-order valence-electron chi connectivity index (χ4n) is 1.69. The van der Waals surface area contributed by atoms with Gasteiger partial charge >= 0.3 is 0 Å². The number of carbonyl (C=O) groups excluding carboxylic acids is 1. The number of rotatable bonds is 6. The SMILES string of the molecule is CCC(O)(CC)CNC(=O)c1cc([N+](=O)[O-])cc(Cl)c1Cl. The molecule has 0 saturated carbocycles. The summed E-state index contributed by atoms with van der Waals surface area (Å²) in [7, 11) is 0. The highest BCUT2D eigenvalue weighted by Crippen LogP contribution is 2.30. The first-order chi connectivity index (χ1) is 9.74. The number of non-ortho nitro benzene ring substituents is 1. The van der Waals surface area contributed by atoms with Gasteiger partial charge in [-0.2, -0.15) is 0 Å². The van der Waals surface area contributed by atoms with Crippen LogP contribution in [0.5, 0.6) is 0 Å². The number of nitro groups is 1. The molecule has 0 atom stereocenters. The van der Waals surface area contributed by atoms with Gasteiger partial charge in [0.25, 0.3) is 11.6 Å². The number of amides is 1. The Balaban J connectivity index is 3.00. The monoisotopic (exact) mass is 334 g/mol. The van der Waals surface area contributed by atoms with Crippen LogP contribution in [0.1, 0.15) is 37.0 Å². The molecule has 21 heavy (non-hydrogen) atoms. The Bertz CT molecular complexity index is 559. The van der Waals surface area contributed by atoms with Gasteiger partial charge in [-0.3, -0.25) is 14.9 Å². The van der Waals surface area contributed by atoms with Crippen LogP contribution in [0.25, 0.3) is 0 Å². The number of nitrogens with one attached hydrogen (secondary N) is 1. The van der Waals surface area contributed by atoms with Crippen molar-refractivity contribution < 1.29 is 14.8 Å². The second kappa shape index (κ2) is 7.06. The fourth-order valence-corrected chi connectivity index (χ4v) is 2.09. The third kappa shape index (κ3) is 4.30. The summed E-state index contributed by atoms with van der Waals surface area (Å²) in [5.74, 6) is -0.620. The lowest BCUT2D eigenvalue weighted by Crippen LogP contribution is -2.42. The van der Waals surface area contributed by atoms with Crippen LogP contribution < -0.4 is 5.32 Å². The van der Waals surface area contributed by atoms with E-state index in [4.69, 9.17) is 23.2 Å². The van der Waals surface area contributed by atoms with Gasteiger partial charge in [0.05, 0.1) is 26.1 Å². The molecule has 2 N–H and O–H groups in total. The molecule has 0 unspecified atom stereocenters. The fraction of sp³-hybridized carbons (Fsp3) is 0.462. The lowest BCUT2D eigenvalue weighted by molar-refractivity contribution is -0.384. The molecule has 0 aromatic heterocycles. The number of hydrogen-bond donors (Lipinski definition) is 2. The molecule has 0 heterocycles. The quantitative estimate of drug-likeness (QED) is 0.617. The number of carbonyl (C=O) groups is 1. The molecule has 8 heteroatoms. The summed E-state index contributed by atoms with van der Waals surface area (Å²) in [5.41, 5.74) is -1.44. The summed E-state index contributed by atoms with van der Waals surface area (Å²) in [5, 5.41) is 23.3. The average molecular weight is 335 g/mol. The highest BCUT2D eigenvalue weighted by Gasteiger charge is 2.25. The first-order valence-electron chi connectivity index (χ1n) is 6.38. The highest BCUT2D eigenvalue weighted by atomic mass is 35.5. The summed E-state index contributed by atoms with van der Waals surface area (Å²) in [4.78, 5) is 22.2. The maximum atomic E-state index is 12.1. The van der Waals surface area contributed by atoms with E-state index in [9.17, 15) is 20.0 Å². The van der Waals surface area contributed by atoms with Crippen LogP contribution >= 0.6 is 23.2 Å². The Morgan fingerprint density at radius 1 is 1.38 bits per heavy atom. The minimum atomic E-state index is -1.02. The van der Waals surface area contributed by atoms with E-state index < -0.39 is 16.4 Å². The summed E-state index contributed by atoms with van der Waals surface area (Å²) in [6.45, 7) is 3.62. The van der Waals surface area contributed by atoms with Gasteiger partial charge in [-0.25, -0.2) is 0 Å². The smallest absolute Gasteiger partial charge is 0.271 e. The molecule has 0 aliphatic carbocycles. The molecule has 0 fully saturated rings. The summed E-state index contributed by atoms with van der Waals surface area (Å²) in [6.07, 6.45) is 0.931. The van der Waals surface area contributed by atoms with Gasteiger partial charge in [0, 0.05) is 18.7 Å². The minimum Gasteiger partial charge on any atom is -0.388 e. The van der Waals surface area contributed by atoms with Crippen molar-refractivity contribution in [3.63, 3.8) is 0 Å². The molecule has 0 saturated heterocycles. The van der Waals surface area contributed by atoms with E-state index in [1.54, 1.807) is 13.8 Å². The molecule has 0 radical (unpaired) electrons. The highest BCUT2D eigenvalue weighted by molar-refractivity contribution is 6.44. The van der Waals surface area contributed by atoms with Gasteiger partial charge in [0.1, 0.15) is 0 Å². The van der Waals surface area contributed by atoms with Gasteiger partial charge in [-0.15, -0.1) is 0 Å². The first kappa shape index (κ1) is 17.7. The van der Waals surface area contributed by atoms with Crippen molar-refractivity contribution in [3.8, 4) is 0 Å². The molecule has 1 rings (SSSR count). The van der Waals surface area contributed by atoms with E-state index in [1.165, 1.54) is 0 Å². The average Bonchev–Trinajstić information content (AvgIpc) is 2.46. The molecule has 1 aromatic rings. The molecule has 1 amide bonds. The van der Waals surface area contributed by atoms with E-state index in [1.807, 2.05) is 0 Å². The molecule has 0 spiro atoms. The minimum absolute atomic E-state index is 0.0233. The van der Waals surface area contributed by atoms with Gasteiger partial charge in [0.15, 0.2) is 0 Å². The lowest BCUT2D eigenvalue weighted by Gasteiger charge is -2.25. The van der Waals surface area contributed by atoms with Crippen molar-refractivity contribution in [1.82, 2.24) is 5.32 Å². The zero-order chi connectivity index (χ0) is 16.2. The van der Waals surface area contributed by atoms with E-state index in [-0.39, 0.29) is 27.8 Å². The second-order valence-corrected chi connectivity index (χ2v) is 5.45. The van der Waals surface area contributed by atoms with Crippen LogP contribution in [-0.4, -0.2) is 28.1 Å². The van der Waals surface area contributed by atoms with Crippen molar-refractivity contribution in [2.45, 2.75) is 32.3 Å². The van der Waals surface area contributed by atoms with Crippen LogP contribution in [0.15, 0.2) is 12.1 Å². The van der Waals surface area contributed by atoms with Crippen LogP contribution in [0.4, 0.5) is 5.69 Å².